The molecule has 0 radical (unpaired) electrons. The zero-order valence-corrected chi connectivity index (χ0v) is 38.4. The van der Waals surface area contributed by atoms with E-state index in [9.17, 15) is 14.4 Å². The number of carbonyl (C=O) groups is 3. The summed E-state index contributed by atoms with van der Waals surface area (Å²) < 4.78 is 5.85. The Morgan fingerprint density at radius 2 is 1.71 bits per heavy atom. The van der Waals surface area contributed by atoms with Crippen molar-refractivity contribution in [3.05, 3.63) is 95.8 Å². The number of carbonyl (C=O) groups excluding carboxylic acids is 3. The van der Waals surface area contributed by atoms with Crippen LogP contribution in [0, 0.1) is 0 Å². The molecule has 0 spiro atoms. The van der Waals surface area contributed by atoms with Gasteiger partial charge in [-0.2, -0.15) is 0 Å². The highest BCUT2D eigenvalue weighted by molar-refractivity contribution is 7.64. The number of fused-ring (bicyclic) bond motifs is 1. The highest BCUT2D eigenvalue weighted by Crippen LogP contribution is 2.36. The predicted molar refractivity (Wildman–Crippen MR) is 258 cm³/mol. The molecule has 2 saturated heterocycles. The summed E-state index contributed by atoms with van der Waals surface area (Å²) in [5, 5.41) is 11.0. The Morgan fingerprint density at radius 1 is 1.00 bits per heavy atom. The van der Waals surface area contributed by atoms with Crippen molar-refractivity contribution in [3.63, 3.8) is 0 Å². The van der Waals surface area contributed by atoms with E-state index in [4.69, 9.17) is 21.3 Å². The first-order valence-electron chi connectivity index (χ1n) is 21.2. The van der Waals surface area contributed by atoms with Crippen LogP contribution in [0.3, 0.4) is 0 Å². The van der Waals surface area contributed by atoms with Crippen LogP contribution in [0.25, 0.3) is 0 Å². The van der Waals surface area contributed by atoms with Gasteiger partial charge in [-0.15, -0.1) is 0 Å². The van der Waals surface area contributed by atoms with Gasteiger partial charge in [-0.1, -0.05) is 63.7 Å². The Bertz CT molecular complexity index is 2110. The van der Waals surface area contributed by atoms with Crippen molar-refractivity contribution in [2.45, 2.75) is 44.7 Å². The number of nitrogens with zero attached hydrogens (tertiary/aromatic N) is 6. The number of halogens is 1. The number of hydrogen-bond acceptors (Lipinski definition) is 11. The molecule has 3 amide bonds. The van der Waals surface area contributed by atoms with Crippen molar-refractivity contribution in [2.24, 2.45) is 15.7 Å². The number of para-hydroxylation sites is 1. The van der Waals surface area contributed by atoms with Gasteiger partial charge in [-0.25, -0.2) is 4.99 Å². The van der Waals surface area contributed by atoms with Gasteiger partial charge in [0.15, 0.2) is 5.84 Å². The third-order valence-corrected chi connectivity index (χ3v) is 13.0. The van der Waals surface area contributed by atoms with Gasteiger partial charge in [0.1, 0.15) is 22.5 Å². The van der Waals surface area contributed by atoms with E-state index in [-0.39, 0.29) is 7.92 Å². The number of amides is 3. The fraction of sp³-hybridized carbons (Fsp3) is 0.413. The molecule has 0 saturated carbocycles. The molecular weight excluding hydrogens is 823 g/mol. The van der Waals surface area contributed by atoms with E-state index >= 15 is 0 Å². The lowest BCUT2D eigenvalue weighted by molar-refractivity contribution is -0.124. The van der Waals surface area contributed by atoms with Crippen LogP contribution in [-0.4, -0.2) is 137 Å². The van der Waals surface area contributed by atoms with Gasteiger partial charge < -0.3 is 31.3 Å². The van der Waals surface area contributed by atoms with E-state index in [0.29, 0.717) is 64.5 Å². The van der Waals surface area contributed by atoms with Crippen LogP contribution < -0.4 is 36.6 Å². The number of piperidine rings is 1. The highest BCUT2D eigenvalue weighted by Gasteiger charge is 2.43. The van der Waals surface area contributed by atoms with Crippen molar-refractivity contribution >= 4 is 77.9 Å². The summed E-state index contributed by atoms with van der Waals surface area (Å²) in [6.07, 6.45) is 5.91. The molecule has 3 aromatic carbocycles. The second kappa shape index (κ2) is 23.4. The summed E-state index contributed by atoms with van der Waals surface area (Å²) in [6, 6.07) is 19.2. The van der Waals surface area contributed by atoms with Crippen LogP contribution in [0.15, 0.2) is 94.7 Å². The zero-order valence-electron chi connectivity index (χ0n) is 36.7. The molecule has 16 heteroatoms. The number of piperazine rings is 1. The topological polar surface area (TPSA) is 160 Å². The molecule has 5 N–H and O–H groups in total. The Hall–Kier alpha value is -5.11. The monoisotopic (exact) mass is 884 g/mol. The van der Waals surface area contributed by atoms with E-state index < -0.39 is 23.8 Å². The number of amidine groups is 1. The number of aliphatic imine (C=N–C) groups is 2. The molecule has 2 fully saturated rings. The zero-order chi connectivity index (χ0) is 44.8. The number of rotatable bonds is 17. The first kappa shape index (κ1) is 47.9. The highest BCUT2D eigenvalue weighted by atomic mass is 35.5. The lowest BCUT2D eigenvalue weighted by Gasteiger charge is -2.43. The molecule has 1 unspecified atom stereocenters. The molecule has 3 aliphatic heterocycles. The molecule has 0 bridgehead atoms. The lowest BCUT2D eigenvalue weighted by Crippen LogP contribution is -2.53. The summed E-state index contributed by atoms with van der Waals surface area (Å²) in [7, 11) is 2.80. The van der Waals surface area contributed by atoms with Gasteiger partial charge in [-0.05, 0) is 88.2 Å². The van der Waals surface area contributed by atoms with E-state index in [1.54, 1.807) is 19.2 Å². The summed E-state index contributed by atoms with van der Waals surface area (Å²) in [5.74, 6) is -0.176. The summed E-state index contributed by atoms with van der Waals surface area (Å²) >= 11 is 6.67. The maximum atomic E-state index is 13.6. The van der Waals surface area contributed by atoms with Gasteiger partial charge in [0.25, 0.3) is 11.8 Å². The number of hydrogen-bond donors (Lipinski definition) is 4. The molecule has 3 heterocycles. The number of anilines is 3. The summed E-state index contributed by atoms with van der Waals surface area (Å²) in [4.78, 5) is 57.1. The Balaban J connectivity index is 0.00000358. The van der Waals surface area contributed by atoms with E-state index in [0.717, 1.165) is 74.9 Å². The second-order valence-corrected chi connectivity index (χ2v) is 17.9. The van der Waals surface area contributed by atoms with Gasteiger partial charge in [0.2, 0.25) is 5.91 Å². The molecule has 0 aliphatic carbocycles. The van der Waals surface area contributed by atoms with Crippen molar-refractivity contribution in [2.75, 3.05) is 95.4 Å². The van der Waals surface area contributed by atoms with Crippen LogP contribution in [-0.2, 0) is 4.79 Å². The van der Waals surface area contributed by atoms with E-state index in [1.807, 2.05) is 37.3 Å². The maximum Gasteiger partial charge on any atom is 0.264 e. The normalized spacial score (nSPS) is 17.0. The number of nitrogens with two attached hydrogens (primary N) is 1. The molecule has 0 aromatic heterocycles. The minimum absolute atomic E-state index is 0.324. The van der Waals surface area contributed by atoms with Crippen LogP contribution in [0.1, 0.15) is 53.3 Å². The third-order valence-electron chi connectivity index (χ3n) is 11.3. The van der Waals surface area contributed by atoms with Gasteiger partial charge in [-0.3, -0.25) is 34.1 Å². The Kier molecular flexibility index (Phi) is 18.1. The molecule has 14 nitrogen and oxygen atoms in total. The van der Waals surface area contributed by atoms with Crippen molar-refractivity contribution < 1.29 is 19.1 Å². The maximum absolute atomic E-state index is 13.6. The number of nitrogens with one attached hydrogen (secondary N) is 3. The van der Waals surface area contributed by atoms with Gasteiger partial charge >= 0.3 is 0 Å². The average Bonchev–Trinajstić information content (AvgIpc) is 3.55. The van der Waals surface area contributed by atoms with Crippen molar-refractivity contribution in [3.8, 4) is 5.75 Å². The van der Waals surface area contributed by atoms with Gasteiger partial charge in [0.05, 0.1) is 18.2 Å². The van der Waals surface area contributed by atoms with Crippen molar-refractivity contribution in [1.29, 1.82) is 0 Å². The smallest absolute Gasteiger partial charge is 0.264 e. The van der Waals surface area contributed by atoms with E-state index in [2.05, 4.69) is 86.2 Å². The number of imide groups is 1. The predicted octanol–water partition coefficient (Wildman–Crippen LogP) is 6.28. The fourth-order valence-corrected chi connectivity index (χ4v) is 9.38. The van der Waals surface area contributed by atoms with Crippen LogP contribution in [0.5, 0.6) is 5.75 Å². The molecule has 3 aliphatic rings. The minimum atomic E-state index is -0.891. The Morgan fingerprint density at radius 3 is 2.37 bits per heavy atom. The number of methoxy groups -OCH3 is 1. The number of ether oxygens (including phenoxy) is 1. The standard InChI is InChI=1S/C45H57ClN9O4P.CH5N/c1-7-12-38(43(56)48-8-2)55-44(57)33-13-11-15-37(41(33)45(55)58)49-21-24-52-25-27-54(28-26-52)31-19-22-53(23-20-31)32-17-18-35(39(29-32)59-4)50-42(34(46)30-47-3)51-36-14-9-10-16-40(36)60(5)6;1-2/h8-11,13-18,29-31,38,49H,2-3,7,12,19-28H2,1,4-6H3,(H,48,56)(H,50,51);2H2,1H3/b34-30+;. The molecule has 3 aromatic rings. The first-order valence-corrected chi connectivity index (χ1v) is 23.8. The number of benzene rings is 3. The molecule has 332 valence electrons. The molecule has 6 rings (SSSR count). The van der Waals surface area contributed by atoms with Crippen molar-refractivity contribution in [1.82, 2.24) is 20.0 Å². The Labute approximate surface area is 373 Å². The summed E-state index contributed by atoms with van der Waals surface area (Å²) in [5.41, 5.74) is 8.48. The fourth-order valence-electron chi connectivity index (χ4n) is 8.23. The molecular formula is C46H62ClN10O4P. The van der Waals surface area contributed by atoms with Crippen LogP contribution in [0.4, 0.5) is 22.7 Å². The summed E-state index contributed by atoms with van der Waals surface area (Å²) in [6.45, 7) is 20.7. The van der Waals surface area contributed by atoms with Crippen LogP contribution >= 0.6 is 19.5 Å². The average molecular weight is 885 g/mol. The van der Waals surface area contributed by atoms with Crippen LogP contribution in [0.2, 0.25) is 0 Å². The SMILES string of the molecule is C=CNC(=O)C(CCC)N1C(=O)c2cccc(NCCN3CCN(C4CCN(c5ccc(N=C(Nc6ccccc6P(C)C)/C(Cl)=C\N=C)c(OC)c5)CC4)CC3)c2C1=O.CN. The minimum Gasteiger partial charge on any atom is -0.494 e. The quantitative estimate of drug-likeness (QED) is 0.0526. The lowest BCUT2D eigenvalue weighted by atomic mass is 10.0. The van der Waals surface area contributed by atoms with Gasteiger partial charge in [0, 0.05) is 87.7 Å². The van der Waals surface area contributed by atoms with E-state index in [1.165, 1.54) is 24.8 Å². The second-order valence-electron chi connectivity index (χ2n) is 15.3. The largest absolute Gasteiger partial charge is 0.494 e. The molecule has 62 heavy (non-hydrogen) atoms. The molecule has 1 atom stereocenters. The first-order chi connectivity index (χ1) is 30.1. The third kappa shape index (κ3) is 11.5.